The van der Waals surface area contributed by atoms with Gasteiger partial charge >= 0.3 is 0 Å². The second kappa shape index (κ2) is 9.03. The molecule has 2 aromatic rings. The second-order valence-corrected chi connectivity index (χ2v) is 11.0. The molecule has 33 heavy (non-hydrogen) atoms. The number of aromatic hydroxyl groups is 1. The summed E-state index contributed by atoms with van der Waals surface area (Å²) in [5, 5.41) is 26.9. The Morgan fingerprint density at radius 3 is 2.15 bits per heavy atom. The van der Waals surface area contributed by atoms with E-state index >= 15 is 0 Å². The van der Waals surface area contributed by atoms with Crippen molar-refractivity contribution >= 4 is 38.9 Å². The minimum Gasteiger partial charge on any atom is -0.504 e. The number of carbonyl (C=O) groups is 2. The minimum absolute atomic E-state index is 0.0722. The average molecular weight is 496 g/mol. The molecule has 0 amide bonds. The van der Waals surface area contributed by atoms with Crippen LogP contribution in [0, 0.1) is 0 Å². The number of hydrogen-bond donors (Lipinski definition) is 4. The zero-order valence-corrected chi connectivity index (χ0v) is 20.1. The van der Waals surface area contributed by atoms with E-state index in [0.717, 1.165) is 4.31 Å². The van der Waals surface area contributed by atoms with Gasteiger partial charge in [0.05, 0.1) is 22.4 Å². The number of aliphatic hydroxyl groups is 1. The maximum absolute atomic E-state index is 12.6. The van der Waals surface area contributed by atoms with Crippen molar-refractivity contribution < 1.29 is 28.2 Å². The molecular formula is C22H26ClN3O6S. The number of phenols is 1. The average Bonchev–Trinajstić information content (AvgIpc) is 2.73. The number of sulfonamides is 1. The van der Waals surface area contributed by atoms with E-state index < -0.39 is 56.0 Å². The summed E-state index contributed by atoms with van der Waals surface area (Å²) in [6.45, 7) is 3.16. The van der Waals surface area contributed by atoms with Crippen LogP contribution in [0.25, 0.3) is 0 Å². The Labute approximate surface area is 197 Å². The quantitative estimate of drug-likeness (QED) is 0.321. The first-order chi connectivity index (χ1) is 15.3. The smallest absolute Gasteiger partial charge is 0.247 e. The molecule has 0 aromatic heterocycles. The zero-order valence-electron chi connectivity index (χ0n) is 18.5. The summed E-state index contributed by atoms with van der Waals surface area (Å²) in [5.74, 6) is -2.09. The number of hydrogen-bond acceptors (Lipinski definition) is 8. The number of Topliss-reactive ketones (excluding diaryl/α,β-unsaturated/α-hetero) is 2. The van der Waals surface area contributed by atoms with E-state index in [-0.39, 0.29) is 10.7 Å². The zero-order chi connectivity index (χ0) is 24.7. The Morgan fingerprint density at radius 1 is 1.03 bits per heavy atom. The maximum Gasteiger partial charge on any atom is 0.247 e. The lowest BCUT2D eigenvalue weighted by Crippen LogP contribution is -2.68. The Kier molecular flexibility index (Phi) is 6.88. The van der Waals surface area contributed by atoms with Gasteiger partial charge in [-0.25, -0.2) is 12.7 Å². The summed E-state index contributed by atoms with van der Waals surface area (Å²) in [6.07, 6.45) is 0. The third kappa shape index (κ3) is 4.75. The van der Waals surface area contributed by atoms with Crippen molar-refractivity contribution in [3.8, 4) is 5.75 Å². The summed E-state index contributed by atoms with van der Waals surface area (Å²) in [4.78, 5) is 24.2. The van der Waals surface area contributed by atoms with Crippen LogP contribution in [0.15, 0.2) is 47.4 Å². The van der Waals surface area contributed by atoms with E-state index in [9.17, 15) is 28.2 Å². The molecule has 1 aliphatic rings. The molecule has 1 aliphatic carbocycles. The number of halogens is 1. The number of benzene rings is 2. The third-order valence-electron chi connectivity index (χ3n) is 5.46. The van der Waals surface area contributed by atoms with Crippen molar-refractivity contribution in [2.24, 2.45) is 0 Å². The summed E-state index contributed by atoms with van der Waals surface area (Å²) in [7, 11) is -1.50. The molecule has 2 unspecified atom stereocenters. The van der Waals surface area contributed by atoms with Crippen molar-refractivity contribution in [2.75, 3.05) is 19.4 Å². The standard InChI is InChI=1S/C22H26ClN3O6S/c1-22(2,30)21(12-8-6-5-7-9-12)25-16-15(18(28)19(16)29)24-14-11-10-13(23)20(17(14)27)33(31,32)26(3)4/h5-11,15-16,21,24-25,27,30H,1-4H3/t15?,16?,21-/m0/s1. The van der Waals surface area contributed by atoms with Gasteiger partial charge in [-0.05, 0) is 31.5 Å². The number of carbonyl (C=O) groups excluding carboxylic acids is 2. The molecule has 0 aliphatic heterocycles. The summed E-state index contributed by atoms with van der Waals surface area (Å²) < 4.78 is 26.1. The predicted octanol–water partition coefficient (Wildman–Crippen LogP) is 1.70. The number of rotatable bonds is 8. The highest BCUT2D eigenvalue weighted by Crippen LogP contribution is 2.39. The number of nitrogens with one attached hydrogen (secondary N) is 2. The lowest BCUT2D eigenvalue weighted by Gasteiger charge is -2.40. The molecular weight excluding hydrogens is 470 g/mol. The van der Waals surface area contributed by atoms with Gasteiger partial charge in [0.2, 0.25) is 21.6 Å². The van der Waals surface area contributed by atoms with Gasteiger partial charge in [-0.3, -0.25) is 14.9 Å². The number of nitrogens with zero attached hydrogens (tertiary/aromatic N) is 1. The van der Waals surface area contributed by atoms with Gasteiger partial charge in [-0.1, -0.05) is 41.9 Å². The monoisotopic (exact) mass is 495 g/mol. The molecule has 9 nitrogen and oxygen atoms in total. The number of ketones is 2. The van der Waals surface area contributed by atoms with E-state index in [1.165, 1.54) is 26.2 Å². The van der Waals surface area contributed by atoms with Crippen LogP contribution >= 0.6 is 11.6 Å². The van der Waals surface area contributed by atoms with Crippen LogP contribution in [0.4, 0.5) is 5.69 Å². The van der Waals surface area contributed by atoms with Gasteiger partial charge in [-0.15, -0.1) is 0 Å². The largest absolute Gasteiger partial charge is 0.504 e. The van der Waals surface area contributed by atoms with Crippen molar-refractivity contribution in [1.29, 1.82) is 0 Å². The molecule has 0 radical (unpaired) electrons. The SMILES string of the molecule is CN(C)S(=O)(=O)c1c(Cl)ccc(NC2C(=O)C(=O)C2N[C@@H](c2ccccc2)C(C)(C)O)c1O. The first-order valence-electron chi connectivity index (χ1n) is 10.1. The molecule has 0 saturated heterocycles. The maximum atomic E-state index is 12.6. The van der Waals surface area contributed by atoms with Crippen LogP contribution in [-0.4, -0.2) is 66.3 Å². The van der Waals surface area contributed by atoms with Gasteiger partial charge in [0.25, 0.3) is 0 Å². The number of phenolic OH excluding ortho intramolecular Hbond substituents is 1. The molecule has 178 valence electrons. The van der Waals surface area contributed by atoms with Crippen LogP contribution in [0.2, 0.25) is 5.02 Å². The predicted molar refractivity (Wildman–Crippen MR) is 124 cm³/mol. The van der Waals surface area contributed by atoms with E-state index in [4.69, 9.17) is 11.6 Å². The minimum atomic E-state index is -4.09. The van der Waals surface area contributed by atoms with Crippen LogP contribution < -0.4 is 10.6 Å². The van der Waals surface area contributed by atoms with E-state index in [1.807, 2.05) is 6.07 Å². The molecule has 11 heteroatoms. The van der Waals surface area contributed by atoms with Crippen molar-refractivity contribution in [3.05, 3.63) is 53.1 Å². The Hall–Kier alpha value is -2.50. The number of anilines is 1. The van der Waals surface area contributed by atoms with E-state index in [1.54, 1.807) is 38.1 Å². The topological polar surface area (TPSA) is 136 Å². The van der Waals surface area contributed by atoms with Gasteiger partial charge < -0.3 is 15.5 Å². The van der Waals surface area contributed by atoms with Crippen molar-refractivity contribution in [1.82, 2.24) is 9.62 Å². The molecule has 2 aromatic carbocycles. The summed E-state index contributed by atoms with van der Waals surface area (Å²) in [5.41, 5.74) is -0.637. The molecule has 1 saturated carbocycles. The van der Waals surface area contributed by atoms with Gasteiger partial charge in [-0.2, -0.15) is 0 Å². The fourth-order valence-corrected chi connectivity index (χ4v) is 5.10. The lowest BCUT2D eigenvalue weighted by molar-refractivity contribution is -0.146. The summed E-state index contributed by atoms with van der Waals surface area (Å²) in [6, 6.07) is 8.77. The van der Waals surface area contributed by atoms with E-state index in [0.29, 0.717) is 5.56 Å². The van der Waals surface area contributed by atoms with Crippen LogP contribution in [0.3, 0.4) is 0 Å². The van der Waals surface area contributed by atoms with Crippen molar-refractivity contribution in [3.63, 3.8) is 0 Å². The normalized spacial score (nSPS) is 20.0. The van der Waals surface area contributed by atoms with Crippen LogP contribution in [0.5, 0.6) is 5.75 Å². The van der Waals surface area contributed by atoms with Crippen LogP contribution in [-0.2, 0) is 19.6 Å². The molecule has 1 fully saturated rings. The first-order valence-corrected chi connectivity index (χ1v) is 11.9. The Bertz CT molecular complexity index is 1180. The van der Waals surface area contributed by atoms with Crippen LogP contribution in [0.1, 0.15) is 25.5 Å². The van der Waals surface area contributed by atoms with Gasteiger partial charge in [0, 0.05) is 14.1 Å². The van der Waals surface area contributed by atoms with Gasteiger partial charge in [0.1, 0.15) is 17.0 Å². The highest BCUT2D eigenvalue weighted by molar-refractivity contribution is 7.89. The molecule has 0 heterocycles. The third-order valence-corrected chi connectivity index (χ3v) is 7.78. The first kappa shape index (κ1) is 25.1. The van der Waals surface area contributed by atoms with Crippen molar-refractivity contribution in [2.45, 2.75) is 42.5 Å². The summed E-state index contributed by atoms with van der Waals surface area (Å²) >= 11 is 6.03. The highest BCUT2D eigenvalue weighted by atomic mass is 35.5. The fourth-order valence-electron chi connectivity index (χ4n) is 3.63. The Morgan fingerprint density at radius 2 is 1.61 bits per heavy atom. The fraction of sp³-hybridized carbons (Fsp3) is 0.364. The lowest BCUT2D eigenvalue weighted by atomic mass is 9.80. The molecule has 0 spiro atoms. The molecule has 3 rings (SSSR count). The Balaban J connectivity index is 1.93. The highest BCUT2D eigenvalue weighted by Gasteiger charge is 2.51. The molecule has 0 bridgehead atoms. The van der Waals surface area contributed by atoms with E-state index in [2.05, 4.69) is 10.6 Å². The molecule has 4 N–H and O–H groups in total. The second-order valence-electron chi connectivity index (χ2n) is 8.55. The molecule has 3 atom stereocenters. The van der Waals surface area contributed by atoms with Gasteiger partial charge in [0.15, 0.2) is 5.75 Å².